The van der Waals surface area contributed by atoms with Crippen molar-refractivity contribution in [3.8, 4) is 0 Å². The van der Waals surface area contributed by atoms with Gasteiger partial charge in [-0.05, 0) is 12.1 Å². The molecule has 3 heterocycles. The highest BCUT2D eigenvalue weighted by Gasteiger charge is 2.20. The van der Waals surface area contributed by atoms with E-state index in [1.165, 1.54) is 0 Å². The van der Waals surface area contributed by atoms with Gasteiger partial charge in [0, 0.05) is 31.4 Å². The molecule has 3 aromatic rings. The predicted molar refractivity (Wildman–Crippen MR) is 72.7 cm³/mol. The molecule has 0 aliphatic heterocycles. The molecule has 3 aromatic heterocycles. The van der Waals surface area contributed by atoms with Gasteiger partial charge in [-0.25, -0.2) is 9.97 Å². The minimum Gasteiger partial charge on any atom is -0.467 e. The second kappa shape index (κ2) is 5.38. The molecule has 1 N–H and O–H groups in total. The van der Waals surface area contributed by atoms with Gasteiger partial charge < -0.3 is 8.98 Å². The van der Waals surface area contributed by atoms with Crippen molar-refractivity contribution in [1.29, 1.82) is 0 Å². The molecule has 6 heteroatoms. The quantitative estimate of drug-likeness (QED) is 0.776. The van der Waals surface area contributed by atoms with E-state index in [4.69, 9.17) is 4.42 Å². The summed E-state index contributed by atoms with van der Waals surface area (Å²) in [5.74, 6) is 1.77. The first-order valence-corrected chi connectivity index (χ1v) is 6.90. The Labute approximate surface area is 114 Å². The number of furan rings is 1. The van der Waals surface area contributed by atoms with E-state index in [0.717, 1.165) is 17.3 Å². The lowest BCUT2D eigenvalue weighted by Gasteiger charge is -2.15. The van der Waals surface area contributed by atoms with Crippen molar-refractivity contribution >= 4 is 11.3 Å². The Morgan fingerprint density at radius 2 is 2.42 bits per heavy atom. The molecule has 1 atom stereocenters. The second-order valence-electron chi connectivity index (χ2n) is 4.21. The van der Waals surface area contributed by atoms with Crippen molar-refractivity contribution in [2.24, 2.45) is 7.05 Å². The third-order valence-corrected chi connectivity index (χ3v) is 3.55. The summed E-state index contributed by atoms with van der Waals surface area (Å²) < 4.78 is 7.50. The highest BCUT2D eigenvalue weighted by molar-refractivity contribution is 7.07. The first-order valence-electron chi connectivity index (χ1n) is 5.95. The second-order valence-corrected chi connectivity index (χ2v) is 4.92. The third-order valence-electron chi connectivity index (χ3n) is 2.92. The van der Waals surface area contributed by atoms with Crippen molar-refractivity contribution in [3.05, 3.63) is 59.0 Å². The van der Waals surface area contributed by atoms with Crippen LogP contribution in [0.2, 0.25) is 0 Å². The number of hydrogen-bond acceptors (Lipinski definition) is 5. The van der Waals surface area contributed by atoms with Crippen molar-refractivity contribution in [3.63, 3.8) is 0 Å². The normalized spacial score (nSPS) is 12.7. The van der Waals surface area contributed by atoms with E-state index in [1.807, 2.05) is 40.8 Å². The van der Waals surface area contributed by atoms with Crippen LogP contribution < -0.4 is 5.32 Å². The van der Waals surface area contributed by atoms with Crippen molar-refractivity contribution in [2.75, 3.05) is 0 Å². The van der Waals surface area contributed by atoms with Crippen molar-refractivity contribution < 1.29 is 4.42 Å². The molecule has 0 aromatic carbocycles. The molecule has 3 rings (SSSR count). The zero-order chi connectivity index (χ0) is 13.1. The Kier molecular flexibility index (Phi) is 3.43. The minimum atomic E-state index is -0.0725. The highest BCUT2D eigenvalue weighted by atomic mass is 32.1. The Morgan fingerprint density at radius 3 is 3.05 bits per heavy atom. The fourth-order valence-corrected chi connectivity index (χ4v) is 2.52. The number of nitrogens with zero attached hydrogens (tertiary/aromatic N) is 3. The zero-order valence-electron chi connectivity index (χ0n) is 10.5. The number of nitrogens with one attached hydrogen (secondary N) is 1. The van der Waals surface area contributed by atoms with Crippen LogP contribution in [0.1, 0.15) is 23.3 Å². The van der Waals surface area contributed by atoms with Crippen LogP contribution in [-0.4, -0.2) is 14.5 Å². The van der Waals surface area contributed by atoms with Gasteiger partial charge in [-0.2, -0.15) is 0 Å². The van der Waals surface area contributed by atoms with Gasteiger partial charge in [0.25, 0.3) is 0 Å². The summed E-state index contributed by atoms with van der Waals surface area (Å²) in [6.45, 7) is 0.682. The smallest absolute Gasteiger partial charge is 0.133 e. The number of aryl methyl sites for hydroxylation is 1. The minimum absolute atomic E-state index is 0.0725. The Balaban J connectivity index is 1.83. The highest BCUT2D eigenvalue weighted by Crippen LogP contribution is 2.21. The van der Waals surface area contributed by atoms with Crippen LogP contribution in [0.15, 0.2) is 46.1 Å². The molecule has 0 radical (unpaired) electrons. The Bertz CT molecular complexity index is 615. The number of imidazole rings is 1. The number of thiazole rings is 1. The van der Waals surface area contributed by atoms with Crippen LogP contribution in [0.3, 0.4) is 0 Å². The van der Waals surface area contributed by atoms with Gasteiger partial charge in [-0.1, -0.05) is 0 Å². The van der Waals surface area contributed by atoms with Crippen LogP contribution >= 0.6 is 11.3 Å². The van der Waals surface area contributed by atoms with E-state index in [9.17, 15) is 0 Å². The molecule has 0 saturated heterocycles. The topological polar surface area (TPSA) is 55.9 Å². The van der Waals surface area contributed by atoms with Crippen molar-refractivity contribution in [2.45, 2.75) is 12.6 Å². The number of aromatic nitrogens is 3. The van der Waals surface area contributed by atoms with E-state index in [1.54, 1.807) is 23.8 Å². The lowest BCUT2D eigenvalue weighted by molar-refractivity contribution is 0.428. The Hall–Kier alpha value is -1.92. The first-order chi connectivity index (χ1) is 9.34. The molecule has 0 amide bonds. The molecular weight excluding hydrogens is 260 g/mol. The summed E-state index contributed by atoms with van der Waals surface area (Å²) in [6, 6.07) is 3.76. The summed E-state index contributed by atoms with van der Waals surface area (Å²) in [5.41, 5.74) is 2.86. The molecular formula is C13H14N4OS. The van der Waals surface area contributed by atoms with E-state index in [0.29, 0.717) is 6.54 Å². The average Bonchev–Trinajstić information content (AvgIpc) is 3.13. The largest absolute Gasteiger partial charge is 0.467 e. The van der Waals surface area contributed by atoms with Gasteiger partial charge in [0.05, 0.1) is 17.5 Å². The fraction of sp³-hybridized carbons (Fsp3) is 0.231. The van der Waals surface area contributed by atoms with Crippen molar-refractivity contribution in [1.82, 2.24) is 19.9 Å². The molecule has 0 aliphatic rings. The molecule has 0 fully saturated rings. The van der Waals surface area contributed by atoms with Crippen LogP contribution in [0.5, 0.6) is 0 Å². The third kappa shape index (κ3) is 2.59. The lowest BCUT2D eigenvalue weighted by atomic mass is 10.2. The maximum absolute atomic E-state index is 5.51. The zero-order valence-corrected chi connectivity index (χ0v) is 11.3. The summed E-state index contributed by atoms with van der Waals surface area (Å²) >= 11 is 1.59. The van der Waals surface area contributed by atoms with E-state index >= 15 is 0 Å². The first kappa shape index (κ1) is 12.1. The summed E-state index contributed by atoms with van der Waals surface area (Å²) in [5, 5.41) is 5.47. The van der Waals surface area contributed by atoms with Gasteiger partial charge >= 0.3 is 0 Å². The van der Waals surface area contributed by atoms with Gasteiger partial charge in [-0.3, -0.25) is 5.32 Å². The molecule has 0 aliphatic carbocycles. The number of hydrogen-bond donors (Lipinski definition) is 1. The molecule has 5 nitrogen and oxygen atoms in total. The molecule has 0 spiro atoms. The molecule has 19 heavy (non-hydrogen) atoms. The lowest BCUT2D eigenvalue weighted by Crippen LogP contribution is -2.24. The van der Waals surface area contributed by atoms with E-state index < -0.39 is 0 Å². The van der Waals surface area contributed by atoms with E-state index in [2.05, 4.69) is 15.3 Å². The number of rotatable bonds is 5. The van der Waals surface area contributed by atoms with Crippen LogP contribution in [-0.2, 0) is 13.6 Å². The monoisotopic (exact) mass is 274 g/mol. The molecule has 1 unspecified atom stereocenters. The van der Waals surface area contributed by atoms with Gasteiger partial charge in [0.1, 0.15) is 17.6 Å². The standard InChI is InChI=1S/C13H14N4OS/c1-17-5-4-14-13(17)12(11-3-2-6-18-11)15-7-10-8-19-9-16-10/h2-6,8-9,12,15H,7H2,1H3. The maximum Gasteiger partial charge on any atom is 0.133 e. The maximum atomic E-state index is 5.51. The van der Waals surface area contributed by atoms with Gasteiger partial charge in [0.15, 0.2) is 0 Å². The van der Waals surface area contributed by atoms with Gasteiger partial charge in [-0.15, -0.1) is 11.3 Å². The summed E-state index contributed by atoms with van der Waals surface area (Å²) in [7, 11) is 1.97. The predicted octanol–water partition coefficient (Wildman–Crippen LogP) is 2.35. The average molecular weight is 274 g/mol. The van der Waals surface area contributed by atoms with Crippen LogP contribution in [0.25, 0.3) is 0 Å². The molecule has 0 bridgehead atoms. The van der Waals surface area contributed by atoms with E-state index in [-0.39, 0.29) is 6.04 Å². The van der Waals surface area contributed by atoms with Gasteiger partial charge in [0.2, 0.25) is 0 Å². The summed E-state index contributed by atoms with van der Waals surface area (Å²) in [6.07, 6.45) is 5.39. The fourth-order valence-electron chi connectivity index (χ4n) is 1.96. The Morgan fingerprint density at radius 1 is 1.47 bits per heavy atom. The summed E-state index contributed by atoms with van der Waals surface area (Å²) in [4.78, 5) is 8.67. The van der Waals surface area contributed by atoms with Crippen LogP contribution in [0, 0.1) is 0 Å². The molecule has 98 valence electrons. The molecule has 0 saturated carbocycles. The SMILES string of the molecule is Cn1ccnc1C(NCc1cscn1)c1ccco1. The van der Waals surface area contributed by atoms with Crippen LogP contribution in [0.4, 0.5) is 0 Å².